The number of rotatable bonds is 3. The molecule has 6 nitrogen and oxygen atoms in total. The molecule has 0 aromatic heterocycles. The lowest BCUT2D eigenvalue weighted by molar-refractivity contribution is -0.134. The summed E-state index contributed by atoms with van der Waals surface area (Å²) in [6.07, 6.45) is 0. The first-order chi connectivity index (χ1) is 3.98. The summed E-state index contributed by atoms with van der Waals surface area (Å²) in [6.45, 7) is 0. The average Bonchev–Trinajstić information content (AvgIpc) is 1.63. The van der Waals surface area contributed by atoms with E-state index >= 15 is 0 Å². The number of nitrogens with two attached hydrogens (primary N) is 1. The Morgan fingerprint density at radius 2 is 2.11 bits per heavy atom. The lowest BCUT2D eigenvalue weighted by Crippen LogP contribution is -2.34. The molecule has 0 saturated heterocycles. The van der Waals surface area contributed by atoms with E-state index in [-0.39, 0.29) is 0 Å². The summed E-state index contributed by atoms with van der Waals surface area (Å²) < 4.78 is 20.4. The fraction of sp³-hybridized carbons (Fsp3) is 0.500. The summed E-state index contributed by atoms with van der Waals surface area (Å²) in [5.41, 5.74) is 0. The van der Waals surface area contributed by atoms with E-state index in [1.165, 1.54) is 4.83 Å². The van der Waals surface area contributed by atoms with E-state index in [1.54, 1.807) is 0 Å². The van der Waals surface area contributed by atoms with Gasteiger partial charge in [0.05, 0.1) is 0 Å². The number of carboxylic acid groups (broad SMARTS) is 1. The summed E-state index contributed by atoms with van der Waals surface area (Å²) in [6, 6.07) is 0. The number of hydrazine groups is 1. The molecule has 0 aromatic rings. The van der Waals surface area contributed by atoms with Crippen molar-refractivity contribution < 1.29 is 18.3 Å². The average molecular weight is 154 g/mol. The second kappa shape index (κ2) is 2.76. The van der Waals surface area contributed by atoms with Crippen molar-refractivity contribution in [1.29, 1.82) is 0 Å². The number of hydrogen-bond donors (Lipinski definition) is 3. The largest absolute Gasteiger partial charge is 0.480 e. The Bertz CT molecular complexity index is 195. The lowest BCUT2D eigenvalue weighted by atomic mass is 10.8. The van der Waals surface area contributed by atoms with Crippen LogP contribution in [0.15, 0.2) is 0 Å². The summed E-state index contributed by atoms with van der Waals surface area (Å²) in [5, 5.41) is 7.91. The van der Waals surface area contributed by atoms with Gasteiger partial charge in [-0.2, -0.15) is 4.83 Å². The highest BCUT2D eigenvalue weighted by molar-refractivity contribution is 7.90. The van der Waals surface area contributed by atoms with Crippen LogP contribution in [0.4, 0.5) is 0 Å². The zero-order chi connectivity index (χ0) is 7.49. The van der Waals surface area contributed by atoms with Gasteiger partial charge in [-0.3, -0.25) is 10.6 Å². The molecule has 7 heteroatoms. The monoisotopic (exact) mass is 154 g/mol. The minimum absolute atomic E-state index is 0.997. The van der Waals surface area contributed by atoms with Gasteiger partial charge >= 0.3 is 5.97 Å². The number of hydrogen-bond acceptors (Lipinski definition) is 4. The highest BCUT2D eigenvalue weighted by atomic mass is 32.2. The van der Waals surface area contributed by atoms with Crippen LogP contribution in [0.5, 0.6) is 0 Å². The van der Waals surface area contributed by atoms with E-state index in [2.05, 4.69) is 5.84 Å². The Morgan fingerprint density at radius 1 is 1.67 bits per heavy atom. The zero-order valence-electron chi connectivity index (χ0n) is 4.36. The van der Waals surface area contributed by atoms with Crippen LogP contribution in [0, 0.1) is 0 Å². The molecule has 9 heavy (non-hydrogen) atoms. The van der Waals surface area contributed by atoms with Gasteiger partial charge in [0.2, 0.25) is 10.0 Å². The molecule has 0 aromatic carbocycles. The molecular weight excluding hydrogens is 148 g/mol. The van der Waals surface area contributed by atoms with Crippen LogP contribution in [0.3, 0.4) is 0 Å². The minimum Gasteiger partial charge on any atom is -0.480 e. The van der Waals surface area contributed by atoms with Crippen molar-refractivity contribution in [1.82, 2.24) is 4.83 Å². The normalized spacial score (nSPS) is 11.2. The predicted molar refractivity (Wildman–Crippen MR) is 28.7 cm³/mol. The molecule has 4 N–H and O–H groups in total. The van der Waals surface area contributed by atoms with Crippen molar-refractivity contribution in [3.63, 3.8) is 0 Å². The molecule has 0 fully saturated rings. The summed E-state index contributed by atoms with van der Waals surface area (Å²) in [4.78, 5) is 11.1. The van der Waals surface area contributed by atoms with Crippen LogP contribution in [-0.4, -0.2) is 25.2 Å². The number of nitrogens with one attached hydrogen (secondary N) is 1. The molecule has 0 rings (SSSR count). The third kappa shape index (κ3) is 3.88. The van der Waals surface area contributed by atoms with E-state index in [0.717, 1.165) is 0 Å². The van der Waals surface area contributed by atoms with Crippen molar-refractivity contribution in [2.75, 3.05) is 5.75 Å². The molecule has 0 atom stereocenters. The van der Waals surface area contributed by atoms with Gasteiger partial charge in [0.1, 0.15) is 0 Å². The number of carbonyl (C=O) groups is 1. The Morgan fingerprint density at radius 3 is 2.22 bits per heavy atom. The Labute approximate surface area is 51.7 Å². The van der Waals surface area contributed by atoms with Crippen molar-refractivity contribution in [3.05, 3.63) is 0 Å². The van der Waals surface area contributed by atoms with Crippen molar-refractivity contribution >= 4 is 16.0 Å². The topological polar surface area (TPSA) is 109 Å². The van der Waals surface area contributed by atoms with E-state index in [0.29, 0.717) is 0 Å². The van der Waals surface area contributed by atoms with E-state index in [1.807, 2.05) is 0 Å². The fourth-order valence-electron chi connectivity index (χ4n) is 0.204. The van der Waals surface area contributed by atoms with Crippen LogP contribution in [0.2, 0.25) is 0 Å². The molecule has 0 radical (unpaired) electrons. The smallest absolute Gasteiger partial charge is 0.320 e. The first-order valence-corrected chi connectivity index (χ1v) is 3.55. The maximum Gasteiger partial charge on any atom is 0.320 e. The van der Waals surface area contributed by atoms with Gasteiger partial charge in [-0.1, -0.05) is 0 Å². The molecule has 0 aliphatic carbocycles. The van der Waals surface area contributed by atoms with Gasteiger partial charge in [-0.25, -0.2) is 8.42 Å². The number of carboxylic acids is 1. The maximum atomic E-state index is 10.2. The van der Waals surface area contributed by atoms with Crippen LogP contribution < -0.4 is 10.7 Å². The van der Waals surface area contributed by atoms with Crippen molar-refractivity contribution in [2.45, 2.75) is 0 Å². The molecule has 0 amide bonds. The molecule has 0 aliphatic heterocycles. The van der Waals surface area contributed by atoms with E-state index in [9.17, 15) is 13.2 Å². The molecule has 54 valence electrons. The molecule has 0 spiro atoms. The second-order valence-electron chi connectivity index (χ2n) is 1.27. The standard InChI is InChI=1S/C2H6N2O4S/c3-4-9(7,8)1-2(5)6/h4H,1,3H2,(H,5,6). The molecular formula is C2H6N2O4S. The third-order valence-electron chi connectivity index (χ3n) is 0.493. The Balaban J connectivity index is 4.06. The van der Waals surface area contributed by atoms with Gasteiger partial charge in [-0.05, 0) is 0 Å². The van der Waals surface area contributed by atoms with Crippen LogP contribution in [0.25, 0.3) is 0 Å². The predicted octanol–water partition coefficient (Wildman–Crippen LogP) is -2.14. The van der Waals surface area contributed by atoms with Gasteiger partial charge in [0.15, 0.2) is 5.75 Å². The van der Waals surface area contributed by atoms with Crippen molar-refractivity contribution in [3.8, 4) is 0 Å². The second-order valence-corrected chi connectivity index (χ2v) is 3.02. The highest BCUT2D eigenvalue weighted by Crippen LogP contribution is 1.78. The summed E-state index contributed by atoms with van der Waals surface area (Å²) in [7, 11) is -3.79. The first kappa shape index (κ1) is 8.34. The highest BCUT2D eigenvalue weighted by Gasteiger charge is 2.11. The summed E-state index contributed by atoms with van der Waals surface area (Å²) in [5.74, 6) is 2.02. The lowest BCUT2D eigenvalue weighted by Gasteiger charge is -1.94. The minimum atomic E-state index is -3.79. The fourth-order valence-corrected chi connectivity index (χ4v) is 0.613. The Kier molecular flexibility index (Phi) is 2.56. The SMILES string of the molecule is NNS(=O)(=O)CC(=O)O. The molecule has 0 unspecified atom stereocenters. The first-order valence-electron chi connectivity index (χ1n) is 1.90. The van der Waals surface area contributed by atoms with Gasteiger partial charge < -0.3 is 5.11 Å². The Hall–Kier alpha value is -0.660. The zero-order valence-corrected chi connectivity index (χ0v) is 5.18. The molecule has 0 heterocycles. The third-order valence-corrected chi connectivity index (χ3v) is 1.48. The number of aliphatic carboxylic acids is 1. The summed E-state index contributed by atoms with van der Waals surface area (Å²) >= 11 is 0. The molecule has 0 saturated carbocycles. The molecule has 0 aliphatic rings. The van der Waals surface area contributed by atoms with E-state index in [4.69, 9.17) is 5.11 Å². The van der Waals surface area contributed by atoms with E-state index < -0.39 is 21.7 Å². The quantitative estimate of drug-likeness (QED) is 0.317. The number of sulfonamides is 1. The van der Waals surface area contributed by atoms with Gasteiger partial charge in [-0.15, -0.1) is 0 Å². The van der Waals surface area contributed by atoms with Gasteiger partial charge in [0, 0.05) is 0 Å². The van der Waals surface area contributed by atoms with Crippen LogP contribution in [0.1, 0.15) is 0 Å². The van der Waals surface area contributed by atoms with Crippen LogP contribution in [-0.2, 0) is 14.8 Å². The van der Waals surface area contributed by atoms with Gasteiger partial charge in [0.25, 0.3) is 0 Å². The maximum absolute atomic E-state index is 10.2. The van der Waals surface area contributed by atoms with Crippen LogP contribution >= 0.6 is 0 Å². The van der Waals surface area contributed by atoms with Crippen molar-refractivity contribution in [2.24, 2.45) is 5.84 Å². The molecule has 0 bridgehead atoms.